The molecule has 0 radical (unpaired) electrons. The minimum Gasteiger partial charge on any atom is -0.481 e. The van der Waals surface area contributed by atoms with Gasteiger partial charge in [-0.3, -0.25) is 9.48 Å². The summed E-state index contributed by atoms with van der Waals surface area (Å²) in [5.74, 6) is 0.806. The molecule has 184 valence electrons. The summed E-state index contributed by atoms with van der Waals surface area (Å²) in [6.45, 7) is 4.66. The van der Waals surface area contributed by atoms with Gasteiger partial charge in [0.2, 0.25) is 11.8 Å². The lowest BCUT2D eigenvalue weighted by Crippen LogP contribution is -2.34. The van der Waals surface area contributed by atoms with Crippen LogP contribution in [0.15, 0.2) is 30.7 Å². The number of aromatic nitrogens is 4. The number of carbonyl (C=O) groups excluding carboxylic acids is 1. The van der Waals surface area contributed by atoms with Gasteiger partial charge in [0.05, 0.1) is 24.2 Å². The number of hydrogen-bond acceptors (Lipinski definition) is 6. The fourth-order valence-electron chi connectivity index (χ4n) is 5.55. The van der Waals surface area contributed by atoms with Crippen LogP contribution in [0.1, 0.15) is 48.9 Å². The number of nitrogens with zero attached hydrogens (tertiary/aromatic N) is 5. The highest BCUT2D eigenvalue weighted by Crippen LogP contribution is 2.60. The van der Waals surface area contributed by atoms with Gasteiger partial charge in [0.25, 0.3) is 0 Å². The maximum atomic E-state index is 13.4. The number of hydrogen-bond donors (Lipinski definition) is 1. The van der Waals surface area contributed by atoms with Crippen LogP contribution in [0, 0.1) is 12.3 Å². The van der Waals surface area contributed by atoms with Crippen molar-refractivity contribution in [3.63, 3.8) is 0 Å². The first-order chi connectivity index (χ1) is 16.7. The monoisotopic (exact) mass is 494 g/mol. The van der Waals surface area contributed by atoms with Gasteiger partial charge in [0, 0.05) is 54.9 Å². The number of nitrogens with two attached hydrogens (primary N) is 1. The molecule has 2 fully saturated rings. The van der Waals surface area contributed by atoms with Crippen molar-refractivity contribution < 1.29 is 9.53 Å². The maximum Gasteiger partial charge on any atom is 0.230 e. The standard InChI is InChI=1S/C26H31ClN6O2/c1-15(19-10-23(35-4)29-13-21(19)27)25(34)33-8-7-26(11-22(26)33)6-5-17-9-20(16(2)31-24(17)28)18-12-30-32(3)14-18/h9-10,12-15,22H,5-8,11H2,1-4H3,(H2,28,31)/t15-,22?,26-/m1/s1. The summed E-state index contributed by atoms with van der Waals surface area (Å²) in [7, 11) is 3.46. The molecule has 2 aliphatic rings. The highest BCUT2D eigenvalue weighted by molar-refractivity contribution is 6.31. The molecule has 0 aromatic carbocycles. The lowest BCUT2D eigenvalue weighted by Gasteiger charge is -2.23. The zero-order valence-electron chi connectivity index (χ0n) is 20.6. The molecule has 0 spiro atoms. The number of fused-ring (bicyclic) bond motifs is 1. The van der Waals surface area contributed by atoms with E-state index in [0.717, 1.165) is 60.2 Å². The number of rotatable bonds is 7. The molecule has 1 saturated heterocycles. The van der Waals surface area contributed by atoms with Crippen molar-refractivity contribution in [1.29, 1.82) is 0 Å². The van der Waals surface area contributed by atoms with Gasteiger partial charge in [-0.1, -0.05) is 11.6 Å². The van der Waals surface area contributed by atoms with E-state index in [2.05, 4.69) is 21.1 Å². The summed E-state index contributed by atoms with van der Waals surface area (Å²) >= 11 is 6.36. The first-order valence-corrected chi connectivity index (χ1v) is 12.3. The highest BCUT2D eigenvalue weighted by Gasteiger charge is 2.61. The molecule has 0 bridgehead atoms. The van der Waals surface area contributed by atoms with Gasteiger partial charge >= 0.3 is 0 Å². The Labute approximate surface area is 210 Å². The van der Waals surface area contributed by atoms with Gasteiger partial charge in [0.15, 0.2) is 0 Å². The summed E-state index contributed by atoms with van der Waals surface area (Å²) in [5.41, 5.74) is 11.3. The van der Waals surface area contributed by atoms with E-state index in [4.69, 9.17) is 22.1 Å². The van der Waals surface area contributed by atoms with Crippen molar-refractivity contribution in [3.8, 4) is 17.0 Å². The van der Waals surface area contributed by atoms with Crippen molar-refractivity contribution >= 4 is 23.3 Å². The van der Waals surface area contributed by atoms with Crippen LogP contribution < -0.4 is 10.5 Å². The van der Waals surface area contributed by atoms with Crippen molar-refractivity contribution in [2.24, 2.45) is 12.5 Å². The summed E-state index contributed by atoms with van der Waals surface area (Å²) < 4.78 is 7.02. The Morgan fingerprint density at radius 1 is 1.37 bits per heavy atom. The van der Waals surface area contributed by atoms with E-state index < -0.39 is 0 Å². The number of pyridine rings is 2. The maximum absolute atomic E-state index is 13.4. The van der Waals surface area contributed by atoms with E-state index in [1.54, 1.807) is 24.1 Å². The molecular weight excluding hydrogens is 464 g/mol. The quantitative estimate of drug-likeness (QED) is 0.529. The average Bonchev–Trinajstić information content (AvgIpc) is 3.17. The van der Waals surface area contributed by atoms with E-state index in [-0.39, 0.29) is 23.3 Å². The zero-order valence-corrected chi connectivity index (χ0v) is 21.3. The van der Waals surface area contributed by atoms with Crippen LogP contribution in [0.5, 0.6) is 5.88 Å². The lowest BCUT2D eigenvalue weighted by atomic mass is 9.93. The first kappa shape index (κ1) is 23.6. The average molecular weight is 495 g/mol. The smallest absolute Gasteiger partial charge is 0.230 e. The third-order valence-corrected chi connectivity index (χ3v) is 8.11. The summed E-state index contributed by atoms with van der Waals surface area (Å²) in [5, 5.41) is 4.78. The fraction of sp³-hybridized carbons (Fsp3) is 0.462. The van der Waals surface area contributed by atoms with Crippen LogP contribution in [-0.2, 0) is 18.3 Å². The number of nitrogen functional groups attached to an aromatic ring is 1. The summed E-state index contributed by atoms with van der Waals surface area (Å²) in [4.78, 5) is 24.2. The Hall–Kier alpha value is -3.13. The predicted molar refractivity (Wildman–Crippen MR) is 135 cm³/mol. The van der Waals surface area contributed by atoms with Crippen molar-refractivity contribution in [2.75, 3.05) is 19.4 Å². The topological polar surface area (TPSA) is 99.2 Å². The molecule has 3 aromatic rings. The van der Waals surface area contributed by atoms with Crippen molar-refractivity contribution in [3.05, 3.63) is 52.6 Å². The Balaban J connectivity index is 1.28. The van der Waals surface area contributed by atoms with Crippen molar-refractivity contribution in [1.82, 2.24) is 24.6 Å². The second-order valence-corrected chi connectivity index (χ2v) is 10.3. The first-order valence-electron chi connectivity index (χ1n) is 12.0. The van der Waals surface area contributed by atoms with Crippen LogP contribution in [0.2, 0.25) is 5.02 Å². The Bertz CT molecular complexity index is 1290. The minimum absolute atomic E-state index is 0.111. The van der Waals surface area contributed by atoms with Crippen LogP contribution in [0.4, 0.5) is 5.82 Å². The third-order valence-electron chi connectivity index (χ3n) is 7.80. The number of halogens is 1. The number of aryl methyl sites for hydroxylation is 3. The number of methoxy groups -OCH3 is 1. The van der Waals surface area contributed by atoms with E-state index in [1.807, 2.05) is 38.2 Å². The molecule has 1 aliphatic heterocycles. The van der Waals surface area contributed by atoms with Gasteiger partial charge < -0.3 is 15.4 Å². The number of piperidine rings is 1. The normalized spacial score (nSPS) is 21.6. The molecule has 3 aromatic heterocycles. The third kappa shape index (κ3) is 4.24. The molecule has 9 heteroatoms. The summed E-state index contributed by atoms with van der Waals surface area (Å²) in [6, 6.07) is 4.19. The van der Waals surface area contributed by atoms with Gasteiger partial charge in [-0.25, -0.2) is 9.97 Å². The number of likely N-dealkylation sites (tertiary alicyclic amines) is 1. The van der Waals surface area contributed by atoms with Gasteiger partial charge in [-0.05, 0) is 62.1 Å². The molecule has 5 rings (SSSR count). The van der Waals surface area contributed by atoms with E-state index in [1.165, 1.54) is 0 Å². The molecular formula is C26H31ClN6O2. The molecule has 1 saturated carbocycles. The SMILES string of the molecule is COc1cc([C@@H](C)C(=O)N2CC[C@]3(CCc4cc(-c5cnn(C)c5)c(C)nc4N)CC23)c(Cl)cn1. The number of carbonyl (C=O) groups is 1. The van der Waals surface area contributed by atoms with E-state index in [0.29, 0.717) is 16.7 Å². The largest absolute Gasteiger partial charge is 0.481 e. The van der Waals surface area contributed by atoms with Crippen molar-refractivity contribution in [2.45, 2.75) is 51.5 Å². The number of amides is 1. The van der Waals surface area contributed by atoms with Gasteiger partial charge in [-0.15, -0.1) is 0 Å². The molecule has 8 nitrogen and oxygen atoms in total. The second kappa shape index (κ2) is 8.82. The van der Waals surface area contributed by atoms with Gasteiger partial charge in [-0.2, -0.15) is 5.10 Å². The molecule has 2 N–H and O–H groups in total. The highest BCUT2D eigenvalue weighted by atomic mass is 35.5. The Morgan fingerprint density at radius 2 is 2.17 bits per heavy atom. The molecule has 3 atom stereocenters. The van der Waals surface area contributed by atoms with Crippen LogP contribution in [0.3, 0.4) is 0 Å². The number of ether oxygens (including phenoxy) is 1. The Kier molecular flexibility index (Phi) is 5.95. The lowest BCUT2D eigenvalue weighted by molar-refractivity contribution is -0.132. The van der Waals surface area contributed by atoms with Crippen LogP contribution >= 0.6 is 11.6 Å². The molecule has 1 amide bonds. The molecule has 4 heterocycles. The fourth-order valence-corrected chi connectivity index (χ4v) is 5.82. The zero-order chi connectivity index (χ0) is 24.9. The Morgan fingerprint density at radius 3 is 2.86 bits per heavy atom. The summed E-state index contributed by atoms with van der Waals surface area (Å²) in [6.07, 6.45) is 9.27. The van der Waals surface area contributed by atoms with E-state index in [9.17, 15) is 4.79 Å². The predicted octanol–water partition coefficient (Wildman–Crippen LogP) is 4.16. The molecule has 1 aliphatic carbocycles. The minimum atomic E-state index is -0.352. The molecule has 1 unspecified atom stereocenters. The molecule has 35 heavy (non-hydrogen) atoms. The second-order valence-electron chi connectivity index (χ2n) is 9.90. The number of anilines is 1. The van der Waals surface area contributed by atoms with E-state index >= 15 is 0 Å². The van der Waals surface area contributed by atoms with Gasteiger partial charge in [0.1, 0.15) is 5.82 Å². The van der Waals surface area contributed by atoms with Crippen LogP contribution in [-0.4, -0.2) is 50.3 Å². The van der Waals surface area contributed by atoms with Crippen LogP contribution in [0.25, 0.3) is 11.1 Å².